The summed E-state index contributed by atoms with van der Waals surface area (Å²) in [5.74, 6) is -0.271. The number of benzene rings is 1. The normalized spacial score (nSPS) is 20.1. The zero-order chi connectivity index (χ0) is 12.8. The molecule has 0 aromatic heterocycles. The van der Waals surface area contributed by atoms with Crippen molar-refractivity contribution in [2.75, 3.05) is 0 Å². The van der Waals surface area contributed by atoms with Gasteiger partial charge in [0.2, 0.25) is 0 Å². The fourth-order valence-electron chi connectivity index (χ4n) is 2.38. The van der Waals surface area contributed by atoms with Crippen LogP contribution in [0, 0.1) is 5.82 Å². The summed E-state index contributed by atoms with van der Waals surface area (Å²) in [6.45, 7) is 4.85. The van der Waals surface area contributed by atoms with Gasteiger partial charge in [-0.2, -0.15) is 0 Å². The van der Waals surface area contributed by atoms with Crippen LogP contribution in [0.1, 0.15) is 44.7 Å². The van der Waals surface area contributed by atoms with Gasteiger partial charge in [0.1, 0.15) is 11.5 Å². The quantitative estimate of drug-likeness (QED) is 0.859. The van der Waals surface area contributed by atoms with E-state index in [0.29, 0.717) is 11.1 Å². The molecular weight excluding hydrogens is 220 g/mol. The van der Waals surface area contributed by atoms with E-state index >= 15 is 0 Å². The third kappa shape index (κ3) is 2.08. The van der Waals surface area contributed by atoms with E-state index in [0.717, 1.165) is 12.8 Å². The highest BCUT2D eigenvalue weighted by Gasteiger charge is 2.49. The Hall–Kier alpha value is -0.960. The highest BCUT2D eigenvalue weighted by atomic mass is 19.1. The van der Waals surface area contributed by atoms with Gasteiger partial charge in [-0.15, -0.1) is 0 Å². The molecule has 1 atom stereocenters. The summed E-state index contributed by atoms with van der Waals surface area (Å²) in [6.07, 6.45) is 1.77. The summed E-state index contributed by atoms with van der Waals surface area (Å²) >= 11 is 0. The van der Waals surface area contributed by atoms with Crippen molar-refractivity contribution in [3.63, 3.8) is 0 Å². The second-order valence-electron chi connectivity index (χ2n) is 5.61. The number of halogens is 2. The predicted octanol–water partition coefficient (Wildman–Crippen LogP) is 3.41. The van der Waals surface area contributed by atoms with E-state index in [9.17, 15) is 8.78 Å². The monoisotopic (exact) mass is 239 g/mol. The molecule has 1 aromatic rings. The second-order valence-corrected chi connectivity index (χ2v) is 5.61. The smallest absolute Gasteiger partial charge is 0.130 e. The molecule has 2 N–H and O–H groups in total. The lowest BCUT2D eigenvalue weighted by atomic mass is 9.86. The summed E-state index contributed by atoms with van der Waals surface area (Å²) in [4.78, 5) is 0. The van der Waals surface area contributed by atoms with Crippen LogP contribution in [0.2, 0.25) is 0 Å². The van der Waals surface area contributed by atoms with Crippen molar-refractivity contribution in [1.82, 2.24) is 0 Å². The number of hydrogen-bond acceptors (Lipinski definition) is 1. The molecule has 0 saturated heterocycles. The summed E-state index contributed by atoms with van der Waals surface area (Å²) in [5.41, 5.74) is 5.31. The molecule has 1 aliphatic rings. The fraction of sp³-hybridized carbons (Fsp3) is 0.571. The van der Waals surface area contributed by atoms with Gasteiger partial charge in [-0.25, -0.2) is 8.78 Å². The molecule has 94 valence electrons. The lowest BCUT2D eigenvalue weighted by Gasteiger charge is -2.23. The van der Waals surface area contributed by atoms with E-state index in [1.807, 2.05) is 6.92 Å². The maximum absolute atomic E-state index is 13.9. The van der Waals surface area contributed by atoms with Crippen molar-refractivity contribution in [3.05, 3.63) is 35.1 Å². The van der Waals surface area contributed by atoms with Gasteiger partial charge >= 0.3 is 0 Å². The summed E-state index contributed by atoms with van der Waals surface area (Å²) in [5, 5.41) is 0. The summed E-state index contributed by atoms with van der Waals surface area (Å²) in [7, 11) is 0. The topological polar surface area (TPSA) is 26.0 Å². The van der Waals surface area contributed by atoms with Crippen LogP contribution in [0.25, 0.3) is 0 Å². The highest BCUT2D eigenvalue weighted by molar-refractivity contribution is 5.39. The van der Waals surface area contributed by atoms with Gasteiger partial charge in [0.05, 0.1) is 0 Å². The van der Waals surface area contributed by atoms with Gasteiger partial charge in [-0.1, -0.05) is 6.07 Å². The van der Waals surface area contributed by atoms with E-state index in [2.05, 4.69) is 0 Å². The molecule has 1 nitrogen and oxygen atoms in total. The molecule has 0 amide bonds. The molecular formula is C14H19F2N. The van der Waals surface area contributed by atoms with Gasteiger partial charge in [-0.05, 0) is 56.9 Å². The highest BCUT2D eigenvalue weighted by Crippen LogP contribution is 2.51. The van der Waals surface area contributed by atoms with Crippen molar-refractivity contribution < 1.29 is 8.78 Å². The lowest BCUT2D eigenvalue weighted by Crippen LogP contribution is -2.32. The number of nitrogens with two attached hydrogens (primary N) is 1. The van der Waals surface area contributed by atoms with E-state index in [4.69, 9.17) is 5.73 Å². The SMILES string of the molecule is CC(N)C1(c2cc(C(C)(C)F)ccc2F)CC1. The standard InChI is InChI=1S/C14H19F2N/c1-9(17)14(6-7-14)11-8-10(13(2,3)16)4-5-12(11)15/h4-5,8-9H,6-7,17H2,1-3H3. The average molecular weight is 239 g/mol. The van der Waals surface area contributed by atoms with Crippen molar-refractivity contribution in [2.24, 2.45) is 5.73 Å². The molecule has 1 saturated carbocycles. The van der Waals surface area contributed by atoms with Gasteiger partial charge in [0, 0.05) is 11.5 Å². The predicted molar refractivity (Wildman–Crippen MR) is 65.1 cm³/mol. The van der Waals surface area contributed by atoms with Crippen LogP contribution in [0.5, 0.6) is 0 Å². The van der Waals surface area contributed by atoms with Gasteiger partial charge in [-0.3, -0.25) is 0 Å². The van der Waals surface area contributed by atoms with Crippen LogP contribution in [-0.2, 0) is 11.1 Å². The molecule has 0 spiro atoms. The maximum Gasteiger partial charge on any atom is 0.130 e. The Morgan fingerprint density at radius 2 is 1.94 bits per heavy atom. The Bertz CT molecular complexity index is 428. The Labute approximate surface area is 101 Å². The first-order chi connectivity index (χ1) is 7.77. The van der Waals surface area contributed by atoms with Crippen LogP contribution in [-0.4, -0.2) is 6.04 Å². The van der Waals surface area contributed by atoms with Crippen LogP contribution in [0.15, 0.2) is 18.2 Å². The molecule has 1 fully saturated rings. The molecule has 1 aliphatic carbocycles. The molecule has 2 rings (SSSR count). The summed E-state index contributed by atoms with van der Waals surface area (Å²) < 4.78 is 27.8. The first-order valence-corrected chi connectivity index (χ1v) is 6.02. The van der Waals surface area contributed by atoms with Crippen molar-refractivity contribution >= 4 is 0 Å². The minimum absolute atomic E-state index is 0.102. The fourth-order valence-corrected chi connectivity index (χ4v) is 2.38. The van der Waals surface area contributed by atoms with E-state index in [1.54, 1.807) is 6.07 Å². The third-order valence-corrected chi connectivity index (χ3v) is 3.85. The van der Waals surface area contributed by atoms with Crippen LogP contribution >= 0.6 is 0 Å². The maximum atomic E-state index is 13.9. The Kier molecular flexibility index (Phi) is 2.77. The third-order valence-electron chi connectivity index (χ3n) is 3.85. The molecule has 0 bridgehead atoms. The molecule has 17 heavy (non-hydrogen) atoms. The number of rotatable bonds is 3. The van der Waals surface area contributed by atoms with Gasteiger partial charge in [0.15, 0.2) is 0 Å². The van der Waals surface area contributed by atoms with Crippen LogP contribution in [0.3, 0.4) is 0 Å². The number of hydrogen-bond donors (Lipinski definition) is 1. The Balaban J connectivity index is 2.48. The average Bonchev–Trinajstić information content (AvgIpc) is 2.97. The number of alkyl halides is 1. The largest absolute Gasteiger partial charge is 0.327 e. The molecule has 1 unspecified atom stereocenters. The minimum Gasteiger partial charge on any atom is -0.327 e. The minimum atomic E-state index is -1.45. The van der Waals surface area contributed by atoms with Gasteiger partial charge in [0.25, 0.3) is 0 Å². The zero-order valence-corrected chi connectivity index (χ0v) is 10.6. The van der Waals surface area contributed by atoms with Gasteiger partial charge < -0.3 is 5.73 Å². The zero-order valence-electron chi connectivity index (χ0n) is 10.6. The van der Waals surface area contributed by atoms with E-state index in [1.165, 1.54) is 26.0 Å². The van der Waals surface area contributed by atoms with Crippen molar-refractivity contribution in [1.29, 1.82) is 0 Å². The second kappa shape index (κ2) is 3.77. The van der Waals surface area contributed by atoms with Crippen molar-refractivity contribution in [3.8, 4) is 0 Å². The van der Waals surface area contributed by atoms with Crippen molar-refractivity contribution in [2.45, 2.75) is 50.7 Å². The Morgan fingerprint density at radius 3 is 2.35 bits per heavy atom. The molecule has 0 aliphatic heterocycles. The molecule has 0 radical (unpaired) electrons. The molecule has 3 heteroatoms. The first kappa shape index (κ1) is 12.5. The Morgan fingerprint density at radius 1 is 1.35 bits per heavy atom. The summed E-state index contributed by atoms with van der Waals surface area (Å²) in [6, 6.07) is 4.41. The molecule has 0 heterocycles. The van der Waals surface area contributed by atoms with Crippen LogP contribution < -0.4 is 5.73 Å². The van der Waals surface area contributed by atoms with E-state index < -0.39 is 5.67 Å². The first-order valence-electron chi connectivity index (χ1n) is 6.02. The molecule has 1 aromatic carbocycles. The lowest BCUT2D eigenvalue weighted by molar-refractivity contribution is 0.221. The van der Waals surface area contributed by atoms with Crippen LogP contribution in [0.4, 0.5) is 8.78 Å². The van der Waals surface area contributed by atoms with E-state index in [-0.39, 0.29) is 17.3 Å².